The molecule has 11 aromatic carbocycles. The zero-order chi connectivity index (χ0) is 45.7. The summed E-state index contributed by atoms with van der Waals surface area (Å²) in [6, 6.07) is 102. The molecule has 1 aliphatic carbocycles. The molecule has 0 amide bonds. The fourth-order valence-corrected chi connectivity index (χ4v) is 11.3. The Bertz CT molecular complexity index is 3750. The van der Waals surface area contributed by atoms with Gasteiger partial charge in [0.05, 0.1) is 16.4 Å². The summed E-state index contributed by atoms with van der Waals surface area (Å²) in [5.41, 5.74) is 21.2. The molecule has 0 unspecified atom stereocenters. The van der Waals surface area contributed by atoms with E-state index in [-0.39, 0.29) is 0 Å². The molecule has 12 aromatic rings. The minimum atomic E-state index is -0.462. The van der Waals surface area contributed by atoms with Gasteiger partial charge in [0, 0.05) is 39.1 Å². The lowest BCUT2D eigenvalue weighted by Gasteiger charge is -2.34. The topological polar surface area (TPSA) is 8.17 Å². The van der Waals surface area contributed by atoms with E-state index in [4.69, 9.17) is 0 Å². The molecule has 2 heteroatoms. The normalized spacial score (nSPS) is 12.5. The number of hydrogen-bond donors (Lipinski definition) is 0. The van der Waals surface area contributed by atoms with Gasteiger partial charge in [0.2, 0.25) is 0 Å². The van der Waals surface area contributed by atoms with Gasteiger partial charge in [-0.05, 0) is 110 Å². The van der Waals surface area contributed by atoms with Crippen molar-refractivity contribution in [2.75, 3.05) is 4.90 Å². The lowest BCUT2D eigenvalue weighted by atomic mass is 9.67. The van der Waals surface area contributed by atoms with Crippen LogP contribution in [0.25, 0.3) is 72.0 Å². The molecule has 0 saturated carbocycles. The van der Waals surface area contributed by atoms with E-state index >= 15 is 0 Å². The Labute approximate surface area is 403 Å². The molecule has 2 nitrogen and oxygen atoms in total. The number of fused-ring (bicyclic) bond motifs is 6. The number of aromatic nitrogens is 1. The SMILES string of the molecule is c1ccc(-c2ccc(N(c3ccccc3)c3ccc4c5cccc(-c6ccccc6)c5n(-c5ccc(-c6cccc7c6-c6ccccc6C7(c6ccccc6)c6ccccc6)cc5)c4c3)cc2)cc1. The van der Waals surface area contributed by atoms with Crippen molar-refractivity contribution >= 4 is 38.9 Å². The quantitative estimate of drug-likeness (QED) is 0.140. The summed E-state index contributed by atoms with van der Waals surface area (Å²) in [5, 5.41) is 2.43. The van der Waals surface area contributed by atoms with Crippen LogP contribution in [0.5, 0.6) is 0 Å². The zero-order valence-electron chi connectivity index (χ0n) is 38.0. The van der Waals surface area contributed by atoms with E-state index in [2.05, 4.69) is 289 Å². The van der Waals surface area contributed by atoms with Crippen LogP contribution in [0, 0.1) is 0 Å². The number of para-hydroxylation sites is 2. The van der Waals surface area contributed by atoms with Crippen molar-refractivity contribution in [3.8, 4) is 50.2 Å². The van der Waals surface area contributed by atoms with Crippen LogP contribution in [0.1, 0.15) is 22.3 Å². The van der Waals surface area contributed by atoms with E-state index in [0.29, 0.717) is 0 Å². The van der Waals surface area contributed by atoms with Gasteiger partial charge in [-0.1, -0.05) is 231 Å². The van der Waals surface area contributed by atoms with Crippen molar-refractivity contribution in [1.82, 2.24) is 4.57 Å². The molecule has 1 heterocycles. The van der Waals surface area contributed by atoms with Crippen LogP contribution >= 0.6 is 0 Å². The van der Waals surface area contributed by atoms with Gasteiger partial charge in [-0.2, -0.15) is 0 Å². The van der Waals surface area contributed by atoms with Crippen molar-refractivity contribution < 1.29 is 0 Å². The summed E-state index contributed by atoms with van der Waals surface area (Å²) in [6.07, 6.45) is 0. The van der Waals surface area contributed by atoms with Crippen molar-refractivity contribution in [2.24, 2.45) is 0 Å². The highest BCUT2D eigenvalue weighted by Crippen LogP contribution is 2.58. The van der Waals surface area contributed by atoms with Crippen LogP contribution in [0.3, 0.4) is 0 Å². The smallest absolute Gasteiger partial charge is 0.0713 e. The van der Waals surface area contributed by atoms with Crippen LogP contribution in [0.15, 0.2) is 279 Å². The molecule has 0 saturated heterocycles. The standard InChI is InChI=1S/C67H46N2/c1-6-20-47(21-7-1)48-36-40-54(41-37-48)68(53-28-14-5-15-29-53)56-44-45-59-60-33-18-32-58(49-22-8-2-9-23-49)66(60)69(64(59)46-56)55-42-38-50(39-43-55)57-31-19-35-63-65(57)61-30-16-17-34-62(61)67(63,51-24-10-3-11-25-51)52-26-12-4-13-27-52/h1-46H. The van der Waals surface area contributed by atoms with E-state index < -0.39 is 5.41 Å². The summed E-state index contributed by atoms with van der Waals surface area (Å²) in [7, 11) is 0. The van der Waals surface area contributed by atoms with Crippen LogP contribution < -0.4 is 4.90 Å². The van der Waals surface area contributed by atoms with E-state index in [1.807, 2.05) is 0 Å². The first-order chi connectivity index (χ1) is 34.3. The Hall–Kier alpha value is -8.98. The Balaban J connectivity index is 0.998. The predicted octanol–water partition coefficient (Wildman–Crippen LogP) is 17.6. The van der Waals surface area contributed by atoms with Gasteiger partial charge >= 0.3 is 0 Å². The van der Waals surface area contributed by atoms with E-state index in [1.165, 1.54) is 83.1 Å². The molecule has 69 heavy (non-hydrogen) atoms. The third kappa shape index (κ3) is 6.56. The second-order valence-corrected chi connectivity index (χ2v) is 18.0. The molecule has 324 valence electrons. The Morgan fingerprint density at radius 2 is 0.783 bits per heavy atom. The van der Waals surface area contributed by atoms with Crippen molar-refractivity contribution in [1.29, 1.82) is 0 Å². The maximum absolute atomic E-state index is 2.49. The monoisotopic (exact) mass is 878 g/mol. The fourth-order valence-electron chi connectivity index (χ4n) is 11.3. The van der Waals surface area contributed by atoms with Crippen molar-refractivity contribution in [3.63, 3.8) is 0 Å². The molecule has 0 aliphatic heterocycles. The number of hydrogen-bond acceptors (Lipinski definition) is 1. The van der Waals surface area contributed by atoms with Gasteiger partial charge in [0.1, 0.15) is 0 Å². The number of rotatable bonds is 9. The molecule has 0 bridgehead atoms. The van der Waals surface area contributed by atoms with Crippen LogP contribution in [-0.2, 0) is 5.41 Å². The Morgan fingerprint density at radius 3 is 1.46 bits per heavy atom. The maximum atomic E-state index is 2.49. The van der Waals surface area contributed by atoms with Gasteiger partial charge in [0.15, 0.2) is 0 Å². The van der Waals surface area contributed by atoms with Gasteiger partial charge in [-0.25, -0.2) is 0 Å². The molecule has 0 atom stereocenters. The zero-order valence-corrected chi connectivity index (χ0v) is 38.0. The third-order valence-electron chi connectivity index (χ3n) is 14.3. The summed E-state index contributed by atoms with van der Waals surface area (Å²) in [6.45, 7) is 0. The van der Waals surface area contributed by atoms with E-state index in [0.717, 1.165) is 28.3 Å². The predicted molar refractivity (Wildman–Crippen MR) is 289 cm³/mol. The highest BCUT2D eigenvalue weighted by molar-refractivity contribution is 6.14. The van der Waals surface area contributed by atoms with E-state index in [1.54, 1.807) is 0 Å². The first kappa shape index (κ1) is 40.3. The first-order valence-electron chi connectivity index (χ1n) is 23.8. The Kier molecular flexibility index (Phi) is 9.77. The first-order valence-corrected chi connectivity index (χ1v) is 23.8. The molecular formula is C67H46N2. The molecule has 0 radical (unpaired) electrons. The second kappa shape index (κ2) is 16.7. The second-order valence-electron chi connectivity index (χ2n) is 18.0. The number of nitrogens with zero attached hydrogens (tertiary/aromatic N) is 2. The highest BCUT2D eigenvalue weighted by Gasteiger charge is 2.46. The van der Waals surface area contributed by atoms with Gasteiger partial charge < -0.3 is 9.47 Å². The summed E-state index contributed by atoms with van der Waals surface area (Å²) >= 11 is 0. The van der Waals surface area contributed by atoms with Crippen molar-refractivity contribution in [3.05, 3.63) is 301 Å². The van der Waals surface area contributed by atoms with Crippen LogP contribution in [0.2, 0.25) is 0 Å². The molecule has 0 fully saturated rings. The minimum Gasteiger partial charge on any atom is -0.310 e. The summed E-state index contributed by atoms with van der Waals surface area (Å²) in [5.74, 6) is 0. The average Bonchev–Trinajstić information content (AvgIpc) is 3.93. The molecular weight excluding hydrogens is 833 g/mol. The van der Waals surface area contributed by atoms with Gasteiger partial charge in [-0.15, -0.1) is 0 Å². The summed E-state index contributed by atoms with van der Waals surface area (Å²) in [4.78, 5) is 2.37. The highest BCUT2D eigenvalue weighted by atomic mass is 15.1. The van der Waals surface area contributed by atoms with Crippen LogP contribution in [0.4, 0.5) is 17.1 Å². The maximum Gasteiger partial charge on any atom is 0.0713 e. The lowest BCUT2D eigenvalue weighted by Crippen LogP contribution is -2.28. The third-order valence-corrected chi connectivity index (χ3v) is 14.3. The molecule has 1 aliphatic rings. The largest absolute Gasteiger partial charge is 0.310 e. The Morgan fingerprint density at radius 1 is 0.304 bits per heavy atom. The molecule has 1 aromatic heterocycles. The molecule has 13 rings (SSSR count). The van der Waals surface area contributed by atoms with E-state index in [9.17, 15) is 0 Å². The fraction of sp³-hybridized carbons (Fsp3) is 0.0149. The molecule has 0 spiro atoms. The van der Waals surface area contributed by atoms with Crippen LogP contribution in [-0.4, -0.2) is 4.57 Å². The number of anilines is 3. The molecule has 0 N–H and O–H groups in total. The van der Waals surface area contributed by atoms with Gasteiger partial charge in [0.25, 0.3) is 0 Å². The lowest BCUT2D eigenvalue weighted by molar-refractivity contribution is 0.768. The summed E-state index contributed by atoms with van der Waals surface area (Å²) < 4.78 is 2.49. The average molecular weight is 879 g/mol. The minimum absolute atomic E-state index is 0.462. The van der Waals surface area contributed by atoms with Crippen molar-refractivity contribution in [2.45, 2.75) is 5.41 Å². The number of benzene rings is 11. The van der Waals surface area contributed by atoms with Gasteiger partial charge in [-0.3, -0.25) is 0 Å².